The third-order valence-electron chi connectivity index (χ3n) is 3.79. The van der Waals surface area contributed by atoms with Crippen LogP contribution in [0.1, 0.15) is 34.6 Å². The van der Waals surface area contributed by atoms with Crippen LogP contribution >= 0.6 is 7.82 Å². The van der Waals surface area contributed by atoms with Crippen molar-refractivity contribution in [3.05, 3.63) is 10.4 Å². The molecule has 0 unspecified atom stereocenters. The molecule has 1 heterocycles. The van der Waals surface area contributed by atoms with Gasteiger partial charge in [0.05, 0.1) is 6.61 Å². The van der Waals surface area contributed by atoms with Crippen molar-refractivity contribution in [1.82, 2.24) is 4.90 Å². The summed E-state index contributed by atoms with van der Waals surface area (Å²) in [6.07, 6.45) is -4.53. The Bertz CT molecular complexity index is 613. The fourth-order valence-corrected chi connectivity index (χ4v) is 2.92. The number of hydrogen-bond acceptors (Lipinski definition) is 9. The van der Waals surface area contributed by atoms with Gasteiger partial charge in [-0.25, -0.2) is 4.57 Å². The monoisotopic (exact) mass is 440 g/mol. The van der Waals surface area contributed by atoms with E-state index >= 15 is 0 Å². The lowest BCUT2D eigenvalue weighted by Gasteiger charge is -2.38. The molecule has 14 heteroatoms. The molecular formula is C15H29N4O9P. The van der Waals surface area contributed by atoms with Crippen LogP contribution in [-0.4, -0.2) is 77.4 Å². The van der Waals surface area contributed by atoms with Crippen LogP contribution < -0.4 is 0 Å². The molecule has 2 N–H and O–H groups in total. The van der Waals surface area contributed by atoms with Gasteiger partial charge in [-0.05, 0) is 25.2 Å². The minimum Gasteiger partial charge on any atom is -0.458 e. The Hall–Kier alpha value is -1.72. The minimum absolute atomic E-state index is 0.357. The van der Waals surface area contributed by atoms with Crippen molar-refractivity contribution in [1.29, 1.82) is 0 Å². The van der Waals surface area contributed by atoms with E-state index in [0.717, 1.165) is 13.8 Å². The summed E-state index contributed by atoms with van der Waals surface area (Å²) in [6, 6.07) is -1.06. The van der Waals surface area contributed by atoms with Crippen molar-refractivity contribution in [2.75, 3.05) is 26.2 Å². The number of phosphoric acid groups is 1. The van der Waals surface area contributed by atoms with Gasteiger partial charge in [0.25, 0.3) is 0 Å². The van der Waals surface area contributed by atoms with E-state index in [0.29, 0.717) is 0 Å². The Morgan fingerprint density at radius 2 is 1.62 bits per heavy atom. The zero-order valence-corrected chi connectivity index (χ0v) is 18.0. The molecule has 0 radical (unpaired) electrons. The number of hydrogen-bond donors (Lipinski definition) is 2. The van der Waals surface area contributed by atoms with Crippen LogP contribution in [0.5, 0.6) is 0 Å². The quantitative estimate of drug-likeness (QED) is 0.184. The van der Waals surface area contributed by atoms with Crippen LogP contribution in [0.3, 0.4) is 0 Å². The van der Waals surface area contributed by atoms with Crippen molar-refractivity contribution in [3.63, 3.8) is 0 Å². The highest BCUT2D eigenvalue weighted by Gasteiger charge is 2.47. The first kappa shape index (κ1) is 27.3. The molecule has 0 bridgehead atoms. The minimum atomic E-state index is -4.97. The van der Waals surface area contributed by atoms with Gasteiger partial charge in [0.1, 0.15) is 6.04 Å². The number of phosphoric ester groups is 1. The molecule has 0 aliphatic carbocycles. The summed E-state index contributed by atoms with van der Waals surface area (Å²) in [5.41, 5.74) is 8.49. The summed E-state index contributed by atoms with van der Waals surface area (Å²) in [6.45, 7) is 11.9. The number of ether oxygens (including phenoxy) is 3. The van der Waals surface area contributed by atoms with Gasteiger partial charge in [-0.1, -0.05) is 25.9 Å². The Morgan fingerprint density at radius 3 is 1.97 bits per heavy atom. The molecule has 0 aromatic carbocycles. The van der Waals surface area contributed by atoms with E-state index in [1.165, 1.54) is 19.6 Å². The van der Waals surface area contributed by atoms with Crippen molar-refractivity contribution < 1.29 is 42.7 Å². The van der Waals surface area contributed by atoms with Crippen LogP contribution in [0.4, 0.5) is 0 Å². The molecule has 0 saturated carbocycles. The second-order valence-corrected chi connectivity index (χ2v) is 7.03. The zero-order valence-electron chi connectivity index (χ0n) is 17.1. The van der Waals surface area contributed by atoms with E-state index < -0.39 is 44.3 Å². The molecule has 1 rings (SSSR count). The Morgan fingerprint density at radius 1 is 1.14 bits per heavy atom. The van der Waals surface area contributed by atoms with E-state index in [-0.39, 0.29) is 6.61 Å². The maximum Gasteiger partial charge on any atom is 0.472 e. The van der Waals surface area contributed by atoms with Gasteiger partial charge in [-0.15, -0.1) is 0 Å². The predicted molar refractivity (Wildman–Crippen MR) is 100 cm³/mol. The highest BCUT2D eigenvalue weighted by atomic mass is 31.2. The van der Waals surface area contributed by atoms with Gasteiger partial charge in [0, 0.05) is 18.8 Å². The summed E-state index contributed by atoms with van der Waals surface area (Å²) < 4.78 is 30.1. The summed E-state index contributed by atoms with van der Waals surface area (Å²) in [4.78, 5) is 44.9. The van der Waals surface area contributed by atoms with E-state index in [2.05, 4.69) is 40.2 Å². The first-order valence-electron chi connectivity index (χ1n) is 8.95. The number of carbonyl (C=O) groups excluding carboxylic acids is 2. The lowest BCUT2D eigenvalue weighted by molar-refractivity contribution is -0.237. The second kappa shape index (κ2) is 13.5. The molecule has 1 aliphatic rings. The molecule has 0 amide bonds. The van der Waals surface area contributed by atoms with Gasteiger partial charge >= 0.3 is 19.8 Å². The number of carbonyl (C=O) groups is 2. The van der Waals surface area contributed by atoms with E-state index in [1.54, 1.807) is 0 Å². The second-order valence-electron chi connectivity index (χ2n) is 5.84. The van der Waals surface area contributed by atoms with Gasteiger partial charge in [-0.2, -0.15) is 0 Å². The Labute approximate surface area is 169 Å². The fourth-order valence-electron chi connectivity index (χ4n) is 2.47. The number of nitrogens with zero attached hydrogens (tertiary/aromatic N) is 4. The first-order chi connectivity index (χ1) is 13.5. The Kier molecular flexibility index (Phi) is 12.7. The molecule has 1 fully saturated rings. The topological polar surface area (TPSA) is 181 Å². The molecule has 1 aliphatic heterocycles. The van der Waals surface area contributed by atoms with Crippen LogP contribution in [0.2, 0.25) is 0 Å². The maximum absolute atomic E-state index is 11.2. The highest BCUT2D eigenvalue weighted by Crippen LogP contribution is 2.41. The number of rotatable bonds is 8. The third-order valence-corrected chi connectivity index (χ3v) is 4.27. The zero-order chi connectivity index (χ0) is 22.6. The van der Waals surface area contributed by atoms with Gasteiger partial charge in [-0.3, -0.25) is 14.1 Å². The molecule has 4 atom stereocenters. The molecular weight excluding hydrogens is 411 g/mol. The normalized spacial score (nSPS) is 24.0. The van der Waals surface area contributed by atoms with E-state index in [9.17, 15) is 14.2 Å². The first-order valence-corrected chi connectivity index (χ1v) is 10.5. The average molecular weight is 440 g/mol. The van der Waals surface area contributed by atoms with Crippen molar-refractivity contribution >= 4 is 19.8 Å². The van der Waals surface area contributed by atoms with Crippen molar-refractivity contribution in [2.24, 2.45) is 5.11 Å². The van der Waals surface area contributed by atoms with Crippen LogP contribution in [0.25, 0.3) is 10.4 Å². The number of azide groups is 1. The van der Waals surface area contributed by atoms with Crippen molar-refractivity contribution in [3.8, 4) is 0 Å². The standard InChI is InChI=1S/C9H14N3O9P.C6H15N/c1-4(13)19-7-6(11-12-10)3-18-9(21-22(15,16)17)8(7)20-5(2)14;1-4-7(5-2)6-3/h6-9H,3H2,1-2H3,(H2,15,16,17);4-6H2,1-3H3/t6-,7-,8+,9+;/m0./s1. The Balaban J connectivity index is 0.000000956. The van der Waals surface area contributed by atoms with Crippen molar-refractivity contribution in [2.45, 2.75) is 59.2 Å². The van der Waals surface area contributed by atoms with Gasteiger partial charge in [0.15, 0.2) is 12.2 Å². The van der Waals surface area contributed by atoms with E-state index in [4.69, 9.17) is 29.5 Å². The summed E-state index contributed by atoms with van der Waals surface area (Å²) in [5, 5.41) is 3.34. The average Bonchev–Trinajstić information content (AvgIpc) is 2.60. The molecule has 0 spiro atoms. The third kappa shape index (κ3) is 11.1. The van der Waals surface area contributed by atoms with Crippen LogP contribution in [0, 0.1) is 0 Å². The van der Waals surface area contributed by atoms with Gasteiger partial charge < -0.3 is 28.9 Å². The lowest BCUT2D eigenvalue weighted by Crippen LogP contribution is -2.56. The number of esters is 2. The van der Waals surface area contributed by atoms with Crippen LogP contribution in [-0.2, 0) is 32.9 Å². The molecule has 0 aromatic heterocycles. The van der Waals surface area contributed by atoms with Crippen LogP contribution in [0.15, 0.2) is 5.11 Å². The smallest absolute Gasteiger partial charge is 0.458 e. The maximum atomic E-state index is 11.2. The highest BCUT2D eigenvalue weighted by molar-refractivity contribution is 7.46. The largest absolute Gasteiger partial charge is 0.472 e. The van der Waals surface area contributed by atoms with Gasteiger partial charge in [0.2, 0.25) is 6.29 Å². The molecule has 1 saturated heterocycles. The molecule has 168 valence electrons. The lowest BCUT2D eigenvalue weighted by atomic mass is 10.0. The molecule has 0 aromatic rings. The summed E-state index contributed by atoms with van der Waals surface area (Å²) in [5.74, 6) is -1.62. The molecule has 29 heavy (non-hydrogen) atoms. The predicted octanol–water partition coefficient (Wildman–Crippen LogP) is 1.34. The summed E-state index contributed by atoms with van der Waals surface area (Å²) in [7, 11) is -4.97. The SMILES string of the molecule is CC(=O)O[C@@H]1[C@@H](OC(C)=O)[C@@H](OP(=O)(O)O)OC[C@@H]1N=[N+]=[N-].CCN(CC)CC. The fraction of sp³-hybridized carbons (Fsp3) is 0.867. The van der Waals surface area contributed by atoms with E-state index in [1.807, 2.05) is 0 Å². The molecule has 13 nitrogen and oxygen atoms in total. The summed E-state index contributed by atoms with van der Waals surface area (Å²) >= 11 is 0.